The average Bonchev–Trinajstić information content (AvgIpc) is 2.83. The lowest BCUT2D eigenvalue weighted by Gasteiger charge is -2.09. The second-order valence-electron chi connectivity index (χ2n) is 4.67. The average molecular weight is 281 g/mol. The fourth-order valence-electron chi connectivity index (χ4n) is 2.64. The summed E-state index contributed by atoms with van der Waals surface area (Å²) < 4.78 is 7.30. The molecule has 1 N–H and O–H groups in total. The Morgan fingerprint density at radius 3 is 2.71 bits per heavy atom. The number of carbonyl (C=O) groups is 1. The quantitative estimate of drug-likeness (QED) is 0.454. The van der Waals surface area contributed by atoms with E-state index in [-0.39, 0.29) is 6.61 Å². The number of carbonyl (C=O) groups excluding carboxylic acids is 1. The first-order chi connectivity index (χ1) is 10.3. The fourth-order valence-corrected chi connectivity index (χ4v) is 2.64. The second-order valence-corrected chi connectivity index (χ2v) is 4.67. The van der Waals surface area contributed by atoms with Gasteiger partial charge in [-0.25, -0.2) is 4.79 Å². The van der Waals surface area contributed by atoms with Gasteiger partial charge in [-0.1, -0.05) is 36.9 Å². The van der Waals surface area contributed by atoms with E-state index in [2.05, 4.69) is 6.58 Å². The number of fused-ring (bicyclic) bond motifs is 3. The normalized spacial score (nSPS) is 10.9. The van der Waals surface area contributed by atoms with Crippen molar-refractivity contribution >= 4 is 27.8 Å². The Morgan fingerprint density at radius 1 is 1.19 bits per heavy atom. The number of para-hydroxylation sites is 2. The largest absolute Gasteiger partial charge is 0.421 e. The fraction of sp³-hybridized carbons (Fsp3) is 0.118. The summed E-state index contributed by atoms with van der Waals surface area (Å²) in [6.07, 6.45) is 1.14. The van der Waals surface area contributed by atoms with Gasteiger partial charge in [0.2, 0.25) is 0 Å². The number of aromatic nitrogens is 1. The topological polar surface area (TPSA) is 51.5 Å². The lowest BCUT2D eigenvalue weighted by molar-refractivity contribution is -0.128. The first-order valence-electron chi connectivity index (χ1n) is 6.71. The maximum Gasteiger partial charge on any atom is 0.335 e. The number of nitrogens with zero attached hydrogens (tertiary/aromatic N) is 1. The van der Waals surface area contributed by atoms with Crippen molar-refractivity contribution in [2.75, 3.05) is 6.61 Å². The number of hydrogen-bond donors (Lipinski definition) is 1. The summed E-state index contributed by atoms with van der Waals surface area (Å²) in [4.78, 5) is 11.5. The number of benzene rings is 2. The van der Waals surface area contributed by atoms with Crippen molar-refractivity contribution in [3.05, 3.63) is 55.1 Å². The Hall–Kier alpha value is -2.59. The van der Waals surface area contributed by atoms with E-state index < -0.39 is 5.97 Å². The molecule has 1 aromatic heterocycles. The number of aliphatic hydroxyl groups excluding tert-OH is 1. The van der Waals surface area contributed by atoms with E-state index in [0.717, 1.165) is 27.9 Å². The molecule has 0 amide bonds. The van der Waals surface area contributed by atoms with Crippen LogP contribution in [0, 0.1) is 0 Å². The van der Waals surface area contributed by atoms with Gasteiger partial charge in [0.1, 0.15) is 0 Å². The van der Waals surface area contributed by atoms with Crippen LogP contribution in [-0.2, 0) is 11.3 Å². The van der Waals surface area contributed by atoms with Gasteiger partial charge in [0.05, 0.1) is 12.1 Å². The SMILES string of the molecule is C=CC(=O)Oc1cccc2c3ccccc3n(CCO)c12. The van der Waals surface area contributed by atoms with Crippen molar-refractivity contribution in [1.82, 2.24) is 4.57 Å². The Morgan fingerprint density at radius 2 is 1.95 bits per heavy atom. The Labute approximate surface area is 121 Å². The third-order valence-electron chi connectivity index (χ3n) is 3.45. The van der Waals surface area contributed by atoms with Crippen LogP contribution in [0.25, 0.3) is 21.8 Å². The van der Waals surface area contributed by atoms with Crippen LogP contribution in [0.3, 0.4) is 0 Å². The van der Waals surface area contributed by atoms with Crippen molar-refractivity contribution in [2.24, 2.45) is 0 Å². The first kappa shape index (κ1) is 13.4. The summed E-state index contributed by atoms with van der Waals surface area (Å²) in [6, 6.07) is 13.5. The minimum absolute atomic E-state index is 0.0114. The molecule has 0 fully saturated rings. The monoisotopic (exact) mass is 281 g/mol. The molecule has 0 atom stereocenters. The van der Waals surface area contributed by atoms with E-state index in [0.29, 0.717) is 12.3 Å². The second kappa shape index (κ2) is 5.42. The number of ether oxygens (including phenoxy) is 1. The molecule has 0 aliphatic rings. The molecule has 3 rings (SSSR count). The zero-order valence-corrected chi connectivity index (χ0v) is 11.5. The minimum atomic E-state index is -0.497. The molecule has 4 nitrogen and oxygen atoms in total. The molecule has 0 unspecified atom stereocenters. The summed E-state index contributed by atoms with van der Waals surface area (Å²) >= 11 is 0. The van der Waals surface area contributed by atoms with Crippen molar-refractivity contribution in [3.8, 4) is 5.75 Å². The Kier molecular flexibility index (Phi) is 3.46. The highest BCUT2D eigenvalue weighted by molar-refractivity contribution is 6.10. The number of esters is 1. The molecule has 0 radical (unpaired) electrons. The highest BCUT2D eigenvalue weighted by atomic mass is 16.5. The van der Waals surface area contributed by atoms with Gasteiger partial charge >= 0.3 is 5.97 Å². The van der Waals surface area contributed by atoms with Crippen LogP contribution in [0.2, 0.25) is 0 Å². The summed E-state index contributed by atoms with van der Waals surface area (Å²) in [5.74, 6) is -0.0228. The van der Waals surface area contributed by atoms with Crippen molar-refractivity contribution in [2.45, 2.75) is 6.54 Å². The molecule has 0 spiro atoms. The van der Waals surface area contributed by atoms with Gasteiger partial charge in [-0.3, -0.25) is 0 Å². The van der Waals surface area contributed by atoms with Crippen molar-refractivity contribution < 1.29 is 14.6 Å². The number of aliphatic hydroxyl groups is 1. The van der Waals surface area contributed by atoms with Crippen LogP contribution in [0.5, 0.6) is 5.75 Å². The van der Waals surface area contributed by atoms with Gasteiger partial charge in [-0.2, -0.15) is 0 Å². The molecule has 2 aromatic carbocycles. The highest BCUT2D eigenvalue weighted by Crippen LogP contribution is 2.34. The van der Waals surface area contributed by atoms with Gasteiger partial charge < -0.3 is 14.4 Å². The summed E-state index contributed by atoms with van der Waals surface area (Å²) in [6.45, 7) is 3.87. The van der Waals surface area contributed by atoms with Crippen LogP contribution in [0.15, 0.2) is 55.1 Å². The van der Waals surface area contributed by atoms with E-state index in [1.165, 1.54) is 0 Å². The molecule has 106 valence electrons. The van der Waals surface area contributed by atoms with E-state index in [1.54, 1.807) is 6.07 Å². The maximum absolute atomic E-state index is 11.5. The van der Waals surface area contributed by atoms with Crippen LogP contribution in [-0.4, -0.2) is 22.2 Å². The minimum Gasteiger partial charge on any atom is -0.421 e. The molecule has 0 aliphatic heterocycles. The van der Waals surface area contributed by atoms with E-state index in [9.17, 15) is 9.90 Å². The third-order valence-corrected chi connectivity index (χ3v) is 3.45. The Balaban J connectivity index is 2.35. The van der Waals surface area contributed by atoms with Crippen LogP contribution in [0.1, 0.15) is 0 Å². The van der Waals surface area contributed by atoms with Gasteiger partial charge in [0.25, 0.3) is 0 Å². The summed E-state index contributed by atoms with van der Waals surface area (Å²) in [7, 11) is 0. The smallest absolute Gasteiger partial charge is 0.335 e. The van der Waals surface area contributed by atoms with Crippen molar-refractivity contribution in [1.29, 1.82) is 0 Å². The lowest BCUT2D eigenvalue weighted by Crippen LogP contribution is -2.06. The molecule has 0 aliphatic carbocycles. The van der Waals surface area contributed by atoms with Gasteiger partial charge in [0.15, 0.2) is 5.75 Å². The zero-order chi connectivity index (χ0) is 14.8. The molecule has 0 bridgehead atoms. The van der Waals surface area contributed by atoms with Gasteiger partial charge in [-0.15, -0.1) is 0 Å². The molecular formula is C17H15NO3. The summed E-state index contributed by atoms with van der Waals surface area (Å²) in [5.41, 5.74) is 1.81. The Bertz CT molecular complexity index is 833. The summed E-state index contributed by atoms with van der Waals surface area (Å²) in [5, 5.41) is 11.4. The van der Waals surface area contributed by atoms with Crippen LogP contribution >= 0.6 is 0 Å². The molecule has 4 heteroatoms. The van der Waals surface area contributed by atoms with Gasteiger partial charge in [-0.05, 0) is 12.1 Å². The maximum atomic E-state index is 11.5. The molecule has 0 saturated heterocycles. The van der Waals surface area contributed by atoms with Gasteiger partial charge in [0, 0.05) is 28.9 Å². The zero-order valence-electron chi connectivity index (χ0n) is 11.5. The van der Waals surface area contributed by atoms with Crippen LogP contribution in [0.4, 0.5) is 0 Å². The predicted octanol–water partition coefficient (Wildman–Crippen LogP) is 2.88. The number of hydrogen-bond acceptors (Lipinski definition) is 3. The van der Waals surface area contributed by atoms with Crippen molar-refractivity contribution in [3.63, 3.8) is 0 Å². The molecule has 3 aromatic rings. The highest BCUT2D eigenvalue weighted by Gasteiger charge is 2.15. The first-order valence-corrected chi connectivity index (χ1v) is 6.71. The van der Waals surface area contributed by atoms with E-state index in [1.807, 2.05) is 41.0 Å². The number of rotatable bonds is 4. The predicted molar refractivity (Wildman–Crippen MR) is 82.4 cm³/mol. The molecule has 0 saturated carbocycles. The van der Waals surface area contributed by atoms with E-state index >= 15 is 0 Å². The lowest BCUT2D eigenvalue weighted by atomic mass is 10.1. The molecule has 21 heavy (non-hydrogen) atoms. The molecule has 1 heterocycles. The third kappa shape index (κ3) is 2.19. The van der Waals surface area contributed by atoms with E-state index in [4.69, 9.17) is 4.74 Å². The van der Waals surface area contributed by atoms with Crippen LogP contribution < -0.4 is 4.74 Å². The molecular weight excluding hydrogens is 266 g/mol. The standard InChI is InChI=1S/C17H15NO3/c1-2-16(20)21-15-9-5-7-13-12-6-3-4-8-14(12)18(10-11-19)17(13)15/h2-9,19H,1,10-11H2.